The van der Waals surface area contributed by atoms with Crippen molar-refractivity contribution in [3.05, 3.63) is 64.2 Å². The predicted octanol–water partition coefficient (Wildman–Crippen LogP) is 3.45. The van der Waals surface area contributed by atoms with E-state index in [1.54, 1.807) is 6.07 Å². The first kappa shape index (κ1) is 16.5. The van der Waals surface area contributed by atoms with Gasteiger partial charge in [0.2, 0.25) is 0 Å². The molecular weight excluding hydrogens is 270 g/mol. The Balaban J connectivity index is 0.00000180. The van der Waals surface area contributed by atoms with Gasteiger partial charge in [-0.2, -0.15) is 0 Å². The summed E-state index contributed by atoms with van der Waals surface area (Å²) in [5.41, 5.74) is 2.84. The van der Waals surface area contributed by atoms with Crippen LogP contribution in [0, 0.1) is 13.8 Å². The van der Waals surface area contributed by atoms with E-state index < -0.39 is 0 Å². The van der Waals surface area contributed by atoms with E-state index in [1.807, 2.05) is 50.2 Å². The second-order valence-corrected chi connectivity index (χ2v) is 5.85. The molecule has 0 N–H and O–H groups in total. The van der Waals surface area contributed by atoms with Gasteiger partial charge in [-0.1, -0.05) is 48.0 Å². The van der Waals surface area contributed by atoms with Crippen LogP contribution < -0.4 is 5.30 Å². The minimum atomic E-state index is 0. The molecule has 19 heavy (non-hydrogen) atoms. The van der Waals surface area contributed by atoms with Crippen molar-refractivity contribution in [3.63, 3.8) is 0 Å². The van der Waals surface area contributed by atoms with Crippen LogP contribution in [0.1, 0.15) is 21.5 Å². The van der Waals surface area contributed by atoms with Gasteiger partial charge in [-0.3, -0.25) is 4.79 Å². The van der Waals surface area contributed by atoms with Gasteiger partial charge in [-0.05, 0) is 44.9 Å². The zero-order valence-electron chi connectivity index (χ0n) is 10.3. The number of benzene rings is 2. The molecule has 0 spiro atoms. The van der Waals surface area contributed by atoms with Gasteiger partial charge in [0.25, 0.3) is 0 Å². The Kier molecular flexibility index (Phi) is 6.31. The second kappa shape index (κ2) is 7.27. The van der Waals surface area contributed by atoms with Crippen molar-refractivity contribution in [3.8, 4) is 0 Å². The fourth-order valence-corrected chi connectivity index (χ4v) is 3.37. The number of rotatable bonds is 3. The molecule has 0 aliphatic carbocycles. The topological polar surface area (TPSA) is 17.1 Å². The molecule has 1 nitrogen and oxygen atoms in total. The van der Waals surface area contributed by atoms with Gasteiger partial charge in [0.1, 0.15) is 0 Å². The van der Waals surface area contributed by atoms with Gasteiger partial charge < -0.3 is 0 Å². The molecule has 94 valence electrons. The number of halogens is 1. The Hall–Kier alpha value is -0.573. The summed E-state index contributed by atoms with van der Waals surface area (Å²) in [5.74, 6) is 0. The maximum absolute atomic E-state index is 12.3. The SMILES string of the molecule is Cc1ccccc1PC(=O)c1c(C)cccc1Cl.[LiH]. The van der Waals surface area contributed by atoms with E-state index in [0.29, 0.717) is 10.6 Å². The summed E-state index contributed by atoms with van der Waals surface area (Å²) in [6.07, 6.45) is 0. The third-order valence-corrected chi connectivity index (χ3v) is 4.46. The summed E-state index contributed by atoms with van der Waals surface area (Å²) < 4.78 is 0. The summed E-state index contributed by atoms with van der Waals surface area (Å²) in [5, 5.41) is 1.63. The van der Waals surface area contributed by atoms with Crippen molar-refractivity contribution in [2.75, 3.05) is 0 Å². The number of carbonyl (C=O) groups excluding carboxylic acids is 1. The molecule has 0 saturated carbocycles. The minimum absolute atomic E-state index is 0. The standard InChI is InChI=1S/C15H14ClOP.Li.H/c1-10-6-3-4-9-13(10)18-15(17)14-11(2)7-5-8-12(14)16;;/h3-9,18H,1-2H3;;. The molecule has 0 bridgehead atoms. The first-order chi connectivity index (χ1) is 8.59. The molecule has 1 atom stereocenters. The van der Waals surface area contributed by atoms with Crippen LogP contribution >= 0.6 is 20.2 Å². The summed E-state index contributed by atoms with van der Waals surface area (Å²) in [7, 11) is 0.124. The van der Waals surface area contributed by atoms with Crippen LogP contribution in [-0.2, 0) is 0 Å². The van der Waals surface area contributed by atoms with E-state index in [0.717, 1.165) is 16.4 Å². The van der Waals surface area contributed by atoms with E-state index in [9.17, 15) is 4.79 Å². The normalized spacial score (nSPS) is 10.5. The molecular formula is C15H15ClLiOP. The van der Waals surface area contributed by atoms with Crippen molar-refractivity contribution in [1.29, 1.82) is 0 Å². The molecule has 0 saturated heterocycles. The molecule has 4 heteroatoms. The summed E-state index contributed by atoms with van der Waals surface area (Å²) in [6.45, 7) is 3.94. The Morgan fingerprint density at radius 3 is 2.26 bits per heavy atom. The molecule has 0 aromatic heterocycles. The second-order valence-electron chi connectivity index (χ2n) is 4.20. The zero-order chi connectivity index (χ0) is 13.1. The van der Waals surface area contributed by atoms with Gasteiger partial charge in [0, 0.05) is 5.56 Å². The summed E-state index contributed by atoms with van der Waals surface area (Å²) >= 11 is 6.11. The van der Waals surface area contributed by atoms with Gasteiger partial charge in [0.15, 0.2) is 5.52 Å². The molecule has 2 aromatic carbocycles. The quantitative estimate of drug-likeness (QED) is 0.623. The molecule has 0 aliphatic heterocycles. The van der Waals surface area contributed by atoms with Gasteiger partial charge >= 0.3 is 18.9 Å². The van der Waals surface area contributed by atoms with E-state index in [-0.39, 0.29) is 33.0 Å². The van der Waals surface area contributed by atoms with Crippen LogP contribution in [0.3, 0.4) is 0 Å². The van der Waals surface area contributed by atoms with Gasteiger partial charge in [0.05, 0.1) is 5.02 Å². The average Bonchev–Trinajstić information content (AvgIpc) is 2.32. The van der Waals surface area contributed by atoms with E-state index in [1.165, 1.54) is 0 Å². The monoisotopic (exact) mass is 284 g/mol. The van der Waals surface area contributed by atoms with Crippen LogP contribution in [0.25, 0.3) is 0 Å². The number of carbonyl (C=O) groups is 1. The molecule has 0 radical (unpaired) electrons. The molecule has 1 unspecified atom stereocenters. The fourth-order valence-electron chi connectivity index (χ4n) is 1.82. The average molecular weight is 285 g/mol. The van der Waals surface area contributed by atoms with E-state index >= 15 is 0 Å². The molecule has 0 amide bonds. The van der Waals surface area contributed by atoms with Crippen molar-refractivity contribution in [1.82, 2.24) is 0 Å². The maximum atomic E-state index is 12.3. The van der Waals surface area contributed by atoms with Crippen LogP contribution in [-0.4, -0.2) is 24.4 Å². The number of aryl methyl sites for hydroxylation is 2. The van der Waals surface area contributed by atoms with E-state index in [4.69, 9.17) is 11.6 Å². The molecule has 0 aliphatic rings. The van der Waals surface area contributed by atoms with Crippen LogP contribution in [0.2, 0.25) is 5.02 Å². The Labute approximate surface area is 132 Å². The van der Waals surface area contributed by atoms with Crippen molar-refractivity contribution < 1.29 is 4.79 Å². The van der Waals surface area contributed by atoms with Crippen molar-refractivity contribution in [2.24, 2.45) is 0 Å². The Morgan fingerprint density at radius 1 is 1.00 bits per heavy atom. The number of hydrogen-bond acceptors (Lipinski definition) is 1. The van der Waals surface area contributed by atoms with Crippen LogP contribution in [0.4, 0.5) is 0 Å². The number of hydrogen-bond donors (Lipinski definition) is 0. The fraction of sp³-hybridized carbons (Fsp3) is 0.133. The molecule has 2 rings (SSSR count). The van der Waals surface area contributed by atoms with Crippen molar-refractivity contribution >= 4 is 49.9 Å². The summed E-state index contributed by atoms with van der Waals surface area (Å²) in [6, 6.07) is 13.5. The zero-order valence-corrected chi connectivity index (χ0v) is 12.1. The van der Waals surface area contributed by atoms with Crippen molar-refractivity contribution in [2.45, 2.75) is 13.8 Å². The van der Waals surface area contributed by atoms with Gasteiger partial charge in [-0.15, -0.1) is 0 Å². The molecule has 2 aromatic rings. The Morgan fingerprint density at radius 2 is 1.63 bits per heavy atom. The van der Waals surface area contributed by atoms with Gasteiger partial charge in [-0.25, -0.2) is 0 Å². The third-order valence-electron chi connectivity index (χ3n) is 2.84. The third kappa shape index (κ3) is 3.94. The predicted molar refractivity (Wildman–Crippen MR) is 86.8 cm³/mol. The summed E-state index contributed by atoms with van der Waals surface area (Å²) in [4.78, 5) is 12.3. The molecule has 0 fully saturated rings. The van der Waals surface area contributed by atoms with Crippen LogP contribution in [0.15, 0.2) is 42.5 Å². The Bertz CT molecular complexity index is 578. The first-order valence-corrected chi connectivity index (χ1v) is 7.09. The molecule has 0 heterocycles. The van der Waals surface area contributed by atoms with Crippen LogP contribution in [0.5, 0.6) is 0 Å². The first-order valence-electron chi connectivity index (χ1n) is 5.71. The van der Waals surface area contributed by atoms with E-state index in [2.05, 4.69) is 0 Å².